The average Bonchev–Trinajstić information content (AvgIpc) is 2.76. The van der Waals surface area contributed by atoms with Gasteiger partial charge < -0.3 is 9.64 Å². The number of sulfone groups is 1. The number of carbonyl (C=O) groups is 1. The Hall–Kier alpha value is -1.56. The van der Waals surface area contributed by atoms with E-state index in [4.69, 9.17) is 4.74 Å². The molecule has 1 unspecified atom stereocenters. The lowest BCUT2D eigenvalue weighted by molar-refractivity contribution is 0.0747. The molecule has 1 aliphatic rings. The van der Waals surface area contributed by atoms with Gasteiger partial charge in [0.15, 0.2) is 9.84 Å². The molecule has 0 spiro atoms. The maximum atomic E-state index is 12.4. The van der Waals surface area contributed by atoms with Gasteiger partial charge in [-0.05, 0) is 51.5 Å². The van der Waals surface area contributed by atoms with Crippen LogP contribution >= 0.6 is 0 Å². The molecule has 0 N–H and O–H groups in total. The Labute approximate surface area is 132 Å². The van der Waals surface area contributed by atoms with Crippen molar-refractivity contribution in [1.29, 1.82) is 0 Å². The number of hydrogen-bond donors (Lipinski definition) is 0. The molecule has 1 aromatic rings. The van der Waals surface area contributed by atoms with E-state index in [1.807, 2.05) is 20.8 Å². The van der Waals surface area contributed by atoms with Gasteiger partial charge in [-0.15, -0.1) is 0 Å². The van der Waals surface area contributed by atoms with Crippen LogP contribution in [0.15, 0.2) is 24.3 Å². The van der Waals surface area contributed by atoms with Crippen LogP contribution in [0.3, 0.4) is 0 Å². The molecule has 1 saturated heterocycles. The van der Waals surface area contributed by atoms with Crippen molar-refractivity contribution in [3.05, 3.63) is 29.8 Å². The molecule has 0 aliphatic carbocycles. The highest BCUT2D eigenvalue weighted by Gasteiger charge is 2.33. The van der Waals surface area contributed by atoms with Crippen molar-refractivity contribution in [2.75, 3.05) is 18.6 Å². The molecule has 0 bridgehead atoms. The summed E-state index contributed by atoms with van der Waals surface area (Å²) in [5.41, 5.74) is 0.244. The summed E-state index contributed by atoms with van der Waals surface area (Å²) in [5, 5.41) is 0. The maximum absolute atomic E-state index is 12.4. The largest absolute Gasteiger partial charge is 0.488 e. The second kappa shape index (κ2) is 5.91. The van der Waals surface area contributed by atoms with E-state index in [-0.39, 0.29) is 29.1 Å². The zero-order chi connectivity index (χ0) is 16.5. The summed E-state index contributed by atoms with van der Waals surface area (Å²) < 4.78 is 28.8. The Morgan fingerprint density at radius 2 is 1.82 bits per heavy atom. The third-order valence-electron chi connectivity index (χ3n) is 3.60. The van der Waals surface area contributed by atoms with E-state index < -0.39 is 9.84 Å². The number of rotatable bonds is 3. The highest BCUT2D eigenvalue weighted by molar-refractivity contribution is 7.91. The molecule has 122 valence electrons. The van der Waals surface area contributed by atoms with Crippen molar-refractivity contribution in [1.82, 2.24) is 4.90 Å². The van der Waals surface area contributed by atoms with Crippen molar-refractivity contribution in [3.63, 3.8) is 0 Å². The van der Waals surface area contributed by atoms with E-state index in [1.165, 1.54) is 4.90 Å². The number of hydrogen-bond acceptors (Lipinski definition) is 4. The molecule has 0 aromatic heterocycles. The van der Waals surface area contributed by atoms with Gasteiger partial charge in [-0.3, -0.25) is 4.79 Å². The Kier molecular flexibility index (Phi) is 4.52. The smallest absolute Gasteiger partial charge is 0.253 e. The van der Waals surface area contributed by atoms with Crippen LogP contribution in [0.5, 0.6) is 5.75 Å². The van der Waals surface area contributed by atoms with Gasteiger partial charge in [-0.25, -0.2) is 8.42 Å². The zero-order valence-corrected chi connectivity index (χ0v) is 14.3. The normalized spacial score (nSPS) is 20.6. The van der Waals surface area contributed by atoms with Gasteiger partial charge in [0.25, 0.3) is 5.91 Å². The van der Waals surface area contributed by atoms with Crippen molar-refractivity contribution < 1.29 is 17.9 Å². The summed E-state index contributed by atoms with van der Waals surface area (Å²) in [4.78, 5) is 14.0. The van der Waals surface area contributed by atoms with Crippen LogP contribution in [0.2, 0.25) is 0 Å². The SMILES string of the molecule is CN(C(=O)c1ccc(OC(C)(C)C)cc1)C1CCS(=O)(=O)C1. The van der Waals surface area contributed by atoms with Gasteiger partial charge in [0.1, 0.15) is 11.4 Å². The molecule has 0 saturated carbocycles. The van der Waals surface area contributed by atoms with Crippen LogP contribution in [0.4, 0.5) is 0 Å². The zero-order valence-electron chi connectivity index (χ0n) is 13.5. The minimum atomic E-state index is -3.00. The molecule has 0 radical (unpaired) electrons. The second-order valence-electron chi connectivity index (χ2n) is 6.71. The summed E-state index contributed by atoms with van der Waals surface area (Å²) in [6.45, 7) is 5.88. The van der Waals surface area contributed by atoms with Gasteiger partial charge >= 0.3 is 0 Å². The monoisotopic (exact) mass is 325 g/mol. The fourth-order valence-electron chi connectivity index (χ4n) is 2.47. The fourth-order valence-corrected chi connectivity index (χ4v) is 4.24. The quantitative estimate of drug-likeness (QED) is 0.854. The van der Waals surface area contributed by atoms with Gasteiger partial charge in [0.2, 0.25) is 0 Å². The Bertz CT molecular complexity index is 644. The first kappa shape index (κ1) is 16.8. The minimum absolute atomic E-state index is 0.0560. The lowest BCUT2D eigenvalue weighted by Crippen LogP contribution is -2.37. The summed E-state index contributed by atoms with van der Waals surface area (Å²) in [6, 6.07) is 6.71. The van der Waals surface area contributed by atoms with E-state index in [9.17, 15) is 13.2 Å². The molecule has 1 fully saturated rings. The molecule has 1 amide bonds. The molecular weight excluding hydrogens is 302 g/mol. The Morgan fingerprint density at radius 1 is 1.23 bits per heavy atom. The first-order valence-electron chi connectivity index (χ1n) is 7.34. The second-order valence-corrected chi connectivity index (χ2v) is 8.94. The van der Waals surface area contributed by atoms with Crippen molar-refractivity contribution in [2.24, 2.45) is 0 Å². The minimum Gasteiger partial charge on any atom is -0.488 e. The highest BCUT2D eigenvalue weighted by Crippen LogP contribution is 2.21. The van der Waals surface area contributed by atoms with Gasteiger partial charge in [0.05, 0.1) is 11.5 Å². The van der Waals surface area contributed by atoms with E-state index >= 15 is 0 Å². The third-order valence-corrected chi connectivity index (χ3v) is 5.35. The Balaban J connectivity index is 2.06. The van der Waals surface area contributed by atoms with E-state index in [0.29, 0.717) is 17.7 Å². The maximum Gasteiger partial charge on any atom is 0.253 e. The first-order valence-corrected chi connectivity index (χ1v) is 9.16. The molecule has 6 heteroatoms. The van der Waals surface area contributed by atoms with E-state index in [1.54, 1.807) is 31.3 Å². The number of ether oxygens (including phenoxy) is 1. The number of nitrogens with zero attached hydrogens (tertiary/aromatic N) is 1. The number of amides is 1. The average molecular weight is 325 g/mol. The molecular formula is C16H23NO4S. The van der Waals surface area contributed by atoms with Gasteiger partial charge in [-0.2, -0.15) is 0 Å². The van der Waals surface area contributed by atoms with Crippen LogP contribution in [0, 0.1) is 0 Å². The molecule has 1 aliphatic heterocycles. The highest BCUT2D eigenvalue weighted by atomic mass is 32.2. The molecule has 1 aromatic carbocycles. The standard InChI is InChI=1S/C16H23NO4S/c1-16(2,3)21-14-7-5-12(6-8-14)15(18)17(4)13-9-10-22(19,20)11-13/h5-8,13H,9-11H2,1-4H3. The molecule has 22 heavy (non-hydrogen) atoms. The predicted molar refractivity (Wildman–Crippen MR) is 86.0 cm³/mol. The van der Waals surface area contributed by atoms with E-state index in [2.05, 4.69) is 0 Å². The van der Waals surface area contributed by atoms with Crippen molar-refractivity contribution in [3.8, 4) is 5.75 Å². The summed E-state index contributed by atoms with van der Waals surface area (Å²) in [7, 11) is -1.34. The molecule has 1 heterocycles. The van der Waals surface area contributed by atoms with Gasteiger partial charge in [0, 0.05) is 18.7 Å². The van der Waals surface area contributed by atoms with Crippen LogP contribution in [-0.2, 0) is 9.84 Å². The Morgan fingerprint density at radius 3 is 2.27 bits per heavy atom. The fraction of sp³-hybridized carbons (Fsp3) is 0.562. The molecule has 2 rings (SSSR count). The molecule has 1 atom stereocenters. The lowest BCUT2D eigenvalue weighted by atomic mass is 10.1. The third kappa shape index (κ3) is 4.22. The van der Waals surface area contributed by atoms with Crippen LogP contribution in [-0.4, -0.2) is 49.4 Å². The van der Waals surface area contributed by atoms with Crippen LogP contribution in [0.25, 0.3) is 0 Å². The predicted octanol–water partition coefficient (Wildman–Crippen LogP) is 2.12. The molecule has 5 nitrogen and oxygen atoms in total. The first-order chi connectivity index (χ1) is 10.1. The van der Waals surface area contributed by atoms with Crippen LogP contribution in [0.1, 0.15) is 37.6 Å². The summed E-state index contributed by atoms with van der Waals surface area (Å²) in [6.07, 6.45) is 0.510. The lowest BCUT2D eigenvalue weighted by Gasteiger charge is -2.24. The number of benzene rings is 1. The van der Waals surface area contributed by atoms with Crippen molar-refractivity contribution in [2.45, 2.75) is 38.8 Å². The topological polar surface area (TPSA) is 63.7 Å². The number of carbonyl (C=O) groups excluding carboxylic acids is 1. The summed E-state index contributed by atoms with van der Waals surface area (Å²) >= 11 is 0. The van der Waals surface area contributed by atoms with Gasteiger partial charge in [-0.1, -0.05) is 0 Å². The van der Waals surface area contributed by atoms with Crippen LogP contribution < -0.4 is 4.74 Å². The van der Waals surface area contributed by atoms with E-state index in [0.717, 1.165) is 0 Å². The summed E-state index contributed by atoms with van der Waals surface area (Å²) in [5.74, 6) is 0.758. The van der Waals surface area contributed by atoms with Crippen molar-refractivity contribution >= 4 is 15.7 Å².